The van der Waals surface area contributed by atoms with Crippen molar-refractivity contribution in [2.24, 2.45) is 9.98 Å². The molecule has 0 spiro atoms. The maximum Gasteiger partial charge on any atom is 0.135 e. The SMILES string of the molecule is CCCCCCCCCCCCCCCCCCCCCCC#CC(=Nc1ccccc1)C(CCCC)=Nc1ccccc1. The van der Waals surface area contributed by atoms with Crippen molar-refractivity contribution >= 4 is 22.8 Å². The fourth-order valence-electron chi connectivity index (χ4n) is 5.64. The molecule has 2 nitrogen and oxygen atoms in total. The number of hydrogen-bond acceptors (Lipinski definition) is 2. The summed E-state index contributed by atoms with van der Waals surface area (Å²) in [7, 11) is 0. The van der Waals surface area contributed by atoms with Crippen LogP contribution in [-0.4, -0.2) is 11.4 Å². The molecule has 2 rings (SSSR count). The van der Waals surface area contributed by atoms with E-state index in [1.54, 1.807) is 0 Å². The quantitative estimate of drug-likeness (QED) is 0.0586. The number of unbranched alkanes of at least 4 members (excludes halogenated alkanes) is 21. The van der Waals surface area contributed by atoms with E-state index < -0.39 is 0 Å². The predicted molar refractivity (Wildman–Crippen MR) is 197 cm³/mol. The maximum absolute atomic E-state index is 4.98. The highest BCUT2D eigenvalue weighted by atomic mass is 14.8. The van der Waals surface area contributed by atoms with E-state index in [4.69, 9.17) is 9.98 Å². The van der Waals surface area contributed by atoms with Gasteiger partial charge in [0.15, 0.2) is 0 Å². The molecule has 0 aliphatic heterocycles. The van der Waals surface area contributed by atoms with Crippen LogP contribution in [-0.2, 0) is 0 Å². The van der Waals surface area contributed by atoms with Crippen LogP contribution in [0.2, 0.25) is 0 Å². The summed E-state index contributed by atoms with van der Waals surface area (Å²) in [5.41, 5.74) is 3.72. The first-order chi connectivity index (χ1) is 21.8. The highest BCUT2D eigenvalue weighted by molar-refractivity contribution is 6.49. The highest BCUT2D eigenvalue weighted by Crippen LogP contribution is 2.17. The average molecular weight is 597 g/mol. The van der Waals surface area contributed by atoms with Crippen LogP contribution in [0.1, 0.15) is 168 Å². The molecule has 0 saturated carbocycles. The molecule has 0 aliphatic rings. The van der Waals surface area contributed by atoms with E-state index in [2.05, 4.69) is 37.8 Å². The van der Waals surface area contributed by atoms with Crippen LogP contribution in [0.25, 0.3) is 0 Å². The molecule has 44 heavy (non-hydrogen) atoms. The first-order valence-corrected chi connectivity index (χ1v) is 18.6. The molecule has 0 atom stereocenters. The normalized spacial score (nSPS) is 11.9. The van der Waals surface area contributed by atoms with E-state index in [9.17, 15) is 0 Å². The molecule has 2 aromatic carbocycles. The van der Waals surface area contributed by atoms with Crippen LogP contribution in [0.3, 0.4) is 0 Å². The smallest absolute Gasteiger partial charge is 0.135 e. The average Bonchev–Trinajstić information content (AvgIpc) is 3.06. The fraction of sp³-hybridized carbons (Fsp3) is 0.619. The van der Waals surface area contributed by atoms with Crippen LogP contribution in [0, 0.1) is 11.8 Å². The maximum atomic E-state index is 4.98. The highest BCUT2D eigenvalue weighted by Gasteiger charge is 2.08. The monoisotopic (exact) mass is 597 g/mol. The molecule has 0 amide bonds. The molecule has 0 aliphatic carbocycles. The van der Waals surface area contributed by atoms with Gasteiger partial charge in [-0.3, -0.25) is 4.99 Å². The zero-order valence-corrected chi connectivity index (χ0v) is 28.6. The van der Waals surface area contributed by atoms with Gasteiger partial charge in [-0.1, -0.05) is 185 Å². The van der Waals surface area contributed by atoms with Gasteiger partial charge in [-0.2, -0.15) is 0 Å². The van der Waals surface area contributed by atoms with Gasteiger partial charge in [-0.05, 0) is 49.4 Å². The number of aliphatic imine (C=N–C) groups is 2. The van der Waals surface area contributed by atoms with Crippen LogP contribution < -0.4 is 0 Å². The summed E-state index contributed by atoms with van der Waals surface area (Å²) in [5.74, 6) is 6.87. The summed E-state index contributed by atoms with van der Waals surface area (Å²) in [6, 6.07) is 20.4. The Morgan fingerprint density at radius 2 is 0.841 bits per heavy atom. The van der Waals surface area contributed by atoms with Crippen molar-refractivity contribution in [2.45, 2.75) is 168 Å². The van der Waals surface area contributed by atoms with E-state index in [0.717, 1.165) is 48.5 Å². The van der Waals surface area contributed by atoms with Gasteiger partial charge in [0.05, 0.1) is 17.1 Å². The summed E-state index contributed by atoms with van der Waals surface area (Å²) < 4.78 is 0. The zero-order valence-electron chi connectivity index (χ0n) is 28.6. The van der Waals surface area contributed by atoms with E-state index in [0.29, 0.717) is 0 Å². The molecule has 242 valence electrons. The Hall–Kier alpha value is -2.66. The topological polar surface area (TPSA) is 24.7 Å². The molecule has 0 fully saturated rings. The second kappa shape index (κ2) is 27.9. The van der Waals surface area contributed by atoms with Gasteiger partial charge in [0.1, 0.15) is 5.71 Å². The van der Waals surface area contributed by atoms with Crippen molar-refractivity contribution in [3.63, 3.8) is 0 Å². The third kappa shape index (κ3) is 20.3. The molecular formula is C42H64N2. The number of para-hydroxylation sites is 2. The lowest BCUT2D eigenvalue weighted by atomic mass is 10.0. The lowest BCUT2D eigenvalue weighted by molar-refractivity contribution is 0.522. The second-order valence-corrected chi connectivity index (χ2v) is 12.6. The lowest BCUT2D eigenvalue weighted by Crippen LogP contribution is -2.12. The third-order valence-electron chi connectivity index (χ3n) is 8.42. The van der Waals surface area contributed by atoms with Crippen molar-refractivity contribution in [3.8, 4) is 11.8 Å². The molecule has 0 saturated heterocycles. The second-order valence-electron chi connectivity index (χ2n) is 12.6. The lowest BCUT2D eigenvalue weighted by Gasteiger charge is -2.06. The minimum atomic E-state index is 0.821. The van der Waals surface area contributed by atoms with Crippen molar-refractivity contribution < 1.29 is 0 Å². The number of benzene rings is 2. The molecule has 0 radical (unpaired) electrons. The van der Waals surface area contributed by atoms with Crippen LogP contribution >= 0.6 is 0 Å². The minimum Gasteiger partial charge on any atom is -0.251 e. The Bertz CT molecular complexity index is 1040. The molecule has 0 aromatic heterocycles. The Kier molecular flexibility index (Phi) is 23.8. The largest absolute Gasteiger partial charge is 0.251 e. The summed E-state index contributed by atoms with van der Waals surface area (Å²) in [6.45, 7) is 4.52. The predicted octanol–water partition coefficient (Wildman–Crippen LogP) is 13.9. The summed E-state index contributed by atoms with van der Waals surface area (Å²) >= 11 is 0. The van der Waals surface area contributed by atoms with Crippen molar-refractivity contribution in [2.75, 3.05) is 0 Å². The van der Waals surface area contributed by atoms with Crippen LogP contribution in [0.5, 0.6) is 0 Å². The van der Waals surface area contributed by atoms with Crippen molar-refractivity contribution in [3.05, 3.63) is 60.7 Å². The number of rotatable bonds is 26. The summed E-state index contributed by atoms with van der Waals surface area (Å²) in [4.78, 5) is 9.93. The Labute approximate surface area is 272 Å². The van der Waals surface area contributed by atoms with Crippen molar-refractivity contribution in [1.29, 1.82) is 0 Å². The minimum absolute atomic E-state index is 0.821. The first kappa shape index (κ1) is 37.5. The van der Waals surface area contributed by atoms with Crippen molar-refractivity contribution in [1.82, 2.24) is 0 Å². The zero-order chi connectivity index (χ0) is 31.2. The van der Waals surface area contributed by atoms with Crippen LogP contribution in [0.15, 0.2) is 70.6 Å². The van der Waals surface area contributed by atoms with Gasteiger partial charge in [-0.15, -0.1) is 0 Å². The number of nitrogens with zero attached hydrogens (tertiary/aromatic N) is 2. The molecule has 0 unspecified atom stereocenters. The Balaban J connectivity index is 1.59. The van der Waals surface area contributed by atoms with E-state index in [1.807, 2.05) is 48.5 Å². The summed E-state index contributed by atoms with van der Waals surface area (Å²) in [5, 5.41) is 0. The van der Waals surface area contributed by atoms with Gasteiger partial charge in [-0.25, -0.2) is 4.99 Å². The van der Waals surface area contributed by atoms with Gasteiger partial charge >= 0.3 is 0 Å². The summed E-state index contributed by atoms with van der Waals surface area (Å²) in [6.07, 6.45) is 32.2. The van der Waals surface area contributed by atoms with Crippen LogP contribution in [0.4, 0.5) is 11.4 Å². The molecule has 0 bridgehead atoms. The van der Waals surface area contributed by atoms with Gasteiger partial charge < -0.3 is 0 Å². The first-order valence-electron chi connectivity index (χ1n) is 18.6. The standard InChI is InChI=1S/C42H64N2/c1-3-5-7-8-9-10-11-12-13-14-15-16-17-18-19-20-21-22-23-24-25-32-38-42(44-40-35-30-27-31-36-40)41(37-6-4-2)43-39-33-28-26-29-34-39/h26-31,33-36H,3-25,37H2,1-2H3. The molecule has 2 aromatic rings. The van der Waals surface area contributed by atoms with Gasteiger partial charge in [0.25, 0.3) is 0 Å². The third-order valence-corrected chi connectivity index (χ3v) is 8.42. The van der Waals surface area contributed by atoms with Gasteiger partial charge in [0, 0.05) is 6.42 Å². The Morgan fingerprint density at radius 1 is 0.455 bits per heavy atom. The molecule has 2 heteroatoms. The van der Waals surface area contributed by atoms with E-state index in [-0.39, 0.29) is 0 Å². The van der Waals surface area contributed by atoms with E-state index in [1.165, 1.54) is 128 Å². The van der Waals surface area contributed by atoms with Gasteiger partial charge in [0.2, 0.25) is 0 Å². The van der Waals surface area contributed by atoms with E-state index >= 15 is 0 Å². The molecule has 0 N–H and O–H groups in total. The molecule has 0 heterocycles. The fourth-order valence-corrected chi connectivity index (χ4v) is 5.64. The molecular weight excluding hydrogens is 532 g/mol. The number of hydrogen-bond donors (Lipinski definition) is 0. The Morgan fingerprint density at radius 3 is 1.27 bits per heavy atom.